The number of aliphatic hydroxyl groups excluding tert-OH is 1. The van der Waals surface area contributed by atoms with Gasteiger partial charge in [0.15, 0.2) is 9.84 Å². The van der Waals surface area contributed by atoms with Crippen molar-refractivity contribution < 1.29 is 13.5 Å². The van der Waals surface area contributed by atoms with Crippen molar-refractivity contribution in [3.8, 4) is 0 Å². The van der Waals surface area contributed by atoms with E-state index in [0.29, 0.717) is 6.54 Å². The number of nitrogens with one attached hydrogen (secondary N) is 1. The number of hydrogen-bond acceptors (Lipinski definition) is 4. The minimum atomic E-state index is -2.98. The maximum Gasteiger partial charge on any atom is 0.173 e. The van der Waals surface area contributed by atoms with Crippen LogP contribution in [-0.4, -0.2) is 38.5 Å². The van der Waals surface area contributed by atoms with Crippen molar-refractivity contribution in [1.29, 1.82) is 0 Å². The molecule has 1 aliphatic carbocycles. The molecule has 1 fully saturated rings. The molecule has 0 aromatic carbocycles. The van der Waals surface area contributed by atoms with Crippen molar-refractivity contribution in [1.82, 2.24) is 5.32 Å². The van der Waals surface area contributed by atoms with E-state index in [-0.39, 0.29) is 23.8 Å². The van der Waals surface area contributed by atoms with Crippen LogP contribution in [0.5, 0.6) is 0 Å². The lowest BCUT2D eigenvalue weighted by Gasteiger charge is -2.36. The topological polar surface area (TPSA) is 66.4 Å². The number of aliphatic hydroxyl groups is 1. The summed E-state index contributed by atoms with van der Waals surface area (Å²) in [5, 5.41) is 14.1. The summed E-state index contributed by atoms with van der Waals surface area (Å²) in [5.41, 5.74) is -0.0293. The molecule has 0 amide bonds. The van der Waals surface area contributed by atoms with Gasteiger partial charge in [-0.05, 0) is 12.8 Å². The van der Waals surface area contributed by atoms with Crippen molar-refractivity contribution in [3.63, 3.8) is 0 Å². The van der Waals surface area contributed by atoms with E-state index in [9.17, 15) is 13.5 Å². The van der Waals surface area contributed by atoms with E-state index in [1.807, 2.05) is 0 Å². The van der Waals surface area contributed by atoms with Crippen LogP contribution in [0.2, 0.25) is 0 Å². The van der Waals surface area contributed by atoms with Gasteiger partial charge in [0.2, 0.25) is 0 Å². The maximum atomic E-state index is 11.3. The zero-order chi connectivity index (χ0) is 12.4. The molecular weight excluding hydrogens is 238 g/mol. The standard InChI is InChI=1S/C12H21NO3S/c14-10-12(5-2-1-3-6-12)9-13-11-4-7-17(15,16)8-11/h4,7,11,13-14H,1-3,5-6,8-10H2. The molecule has 0 aromatic rings. The number of hydrogen-bond donors (Lipinski definition) is 2. The fraction of sp³-hybridized carbons (Fsp3) is 0.833. The molecule has 0 spiro atoms. The van der Waals surface area contributed by atoms with Gasteiger partial charge in [0.05, 0.1) is 5.75 Å². The fourth-order valence-corrected chi connectivity index (χ4v) is 4.01. The molecule has 5 heteroatoms. The summed E-state index contributed by atoms with van der Waals surface area (Å²) in [5.74, 6) is 0.161. The van der Waals surface area contributed by atoms with Crippen molar-refractivity contribution in [2.24, 2.45) is 5.41 Å². The van der Waals surface area contributed by atoms with E-state index in [1.54, 1.807) is 6.08 Å². The first-order valence-corrected chi connectivity index (χ1v) is 8.02. The van der Waals surface area contributed by atoms with E-state index in [2.05, 4.69) is 5.32 Å². The molecule has 17 heavy (non-hydrogen) atoms. The van der Waals surface area contributed by atoms with Gasteiger partial charge in [0.25, 0.3) is 0 Å². The number of sulfone groups is 1. The second-order valence-corrected chi connectivity index (χ2v) is 7.30. The second-order valence-electron chi connectivity index (χ2n) is 5.36. The SMILES string of the molecule is O=S1(=O)C=CC(NCC2(CO)CCCCC2)C1. The van der Waals surface area contributed by atoms with Gasteiger partial charge in [-0.1, -0.05) is 25.3 Å². The molecule has 1 aliphatic heterocycles. The van der Waals surface area contributed by atoms with E-state index < -0.39 is 9.84 Å². The summed E-state index contributed by atoms with van der Waals surface area (Å²) in [6, 6.07) is -0.0784. The van der Waals surface area contributed by atoms with Gasteiger partial charge in [0.1, 0.15) is 0 Å². The van der Waals surface area contributed by atoms with Crippen LogP contribution in [-0.2, 0) is 9.84 Å². The van der Waals surface area contributed by atoms with E-state index in [0.717, 1.165) is 12.8 Å². The Bertz CT molecular complexity index is 383. The first kappa shape index (κ1) is 13.1. The molecule has 0 saturated heterocycles. The average Bonchev–Trinajstić information content (AvgIpc) is 2.68. The van der Waals surface area contributed by atoms with Crippen LogP contribution in [0.1, 0.15) is 32.1 Å². The first-order chi connectivity index (χ1) is 8.05. The largest absolute Gasteiger partial charge is 0.396 e. The molecule has 0 bridgehead atoms. The van der Waals surface area contributed by atoms with Gasteiger partial charge in [0, 0.05) is 30.0 Å². The molecule has 1 heterocycles. The monoisotopic (exact) mass is 259 g/mol. The van der Waals surface area contributed by atoms with Crippen LogP contribution < -0.4 is 5.32 Å². The lowest BCUT2D eigenvalue weighted by Crippen LogP contribution is -2.43. The molecule has 2 aliphatic rings. The minimum absolute atomic E-state index is 0.0293. The summed E-state index contributed by atoms with van der Waals surface area (Å²) in [6.45, 7) is 0.914. The molecule has 1 atom stereocenters. The Labute approximate surface area is 103 Å². The van der Waals surface area contributed by atoms with Crippen LogP contribution in [0.15, 0.2) is 11.5 Å². The van der Waals surface area contributed by atoms with Crippen molar-refractivity contribution in [3.05, 3.63) is 11.5 Å². The Morgan fingerprint density at radius 2 is 2.00 bits per heavy atom. The Morgan fingerprint density at radius 1 is 1.29 bits per heavy atom. The van der Waals surface area contributed by atoms with Crippen LogP contribution in [0.4, 0.5) is 0 Å². The average molecular weight is 259 g/mol. The van der Waals surface area contributed by atoms with Crippen molar-refractivity contribution in [2.45, 2.75) is 38.1 Å². The van der Waals surface area contributed by atoms with E-state index in [4.69, 9.17) is 0 Å². The van der Waals surface area contributed by atoms with Crippen LogP contribution in [0.25, 0.3) is 0 Å². The van der Waals surface area contributed by atoms with Crippen LogP contribution >= 0.6 is 0 Å². The minimum Gasteiger partial charge on any atom is -0.396 e. The molecule has 98 valence electrons. The lowest BCUT2D eigenvalue weighted by atomic mass is 9.74. The third-order valence-electron chi connectivity index (χ3n) is 3.92. The first-order valence-electron chi connectivity index (χ1n) is 6.31. The zero-order valence-corrected chi connectivity index (χ0v) is 10.9. The van der Waals surface area contributed by atoms with Gasteiger partial charge in [-0.25, -0.2) is 8.42 Å². The summed E-state index contributed by atoms with van der Waals surface area (Å²) >= 11 is 0. The van der Waals surface area contributed by atoms with E-state index >= 15 is 0 Å². The van der Waals surface area contributed by atoms with Crippen molar-refractivity contribution in [2.75, 3.05) is 18.9 Å². The molecule has 1 unspecified atom stereocenters. The highest BCUT2D eigenvalue weighted by Crippen LogP contribution is 2.35. The lowest BCUT2D eigenvalue weighted by molar-refractivity contribution is 0.0803. The summed E-state index contributed by atoms with van der Waals surface area (Å²) in [4.78, 5) is 0. The summed E-state index contributed by atoms with van der Waals surface area (Å²) in [7, 11) is -2.98. The molecule has 1 saturated carbocycles. The summed E-state index contributed by atoms with van der Waals surface area (Å²) < 4.78 is 22.5. The van der Waals surface area contributed by atoms with Gasteiger partial charge >= 0.3 is 0 Å². The van der Waals surface area contributed by atoms with Crippen molar-refractivity contribution >= 4 is 9.84 Å². The predicted molar refractivity (Wildman–Crippen MR) is 67.3 cm³/mol. The fourth-order valence-electron chi connectivity index (χ4n) is 2.74. The number of rotatable bonds is 4. The third-order valence-corrected chi connectivity index (χ3v) is 5.31. The van der Waals surface area contributed by atoms with E-state index in [1.165, 1.54) is 24.7 Å². The normalized spacial score (nSPS) is 30.5. The summed E-state index contributed by atoms with van der Waals surface area (Å²) in [6.07, 6.45) is 7.38. The maximum absolute atomic E-state index is 11.3. The highest BCUT2D eigenvalue weighted by molar-refractivity contribution is 7.94. The molecular formula is C12H21NO3S. The molecule has 4 nitrogen and oxygen atoms in total. The molecule has 2 N–H and O–H groups in total. The molecule has 0 radical (unpaired) electrons. The third kappa shape index (κ3) is 3.30. The van der Waals surface area contributed by atoms with Gasteiger partial charge in [-0.3, -0.25) is 0 Å². The highest BCUT2D eigenvalue weighted by atomic mass is 32.2. The Balaban J connectivity index is 1.87. The van der Waals surface area contributed by atoms with Gasteiger partial charge in [-0.2, -0.15) is 0 Å². The van der Waals surface area contributed by atoms with Crippen LogP contribution in [0.3, 0.4) is 0 Å². The Kier molecular flexibility index (Phi) is 3.90. The van der Waals surface area contributed by atoms with Gasteiger partial charge < -0.3 is 10.4 Å². The quantitative estimate of drug-likeness (QED) is 0.785. The Morgan fingerprint density at radius 3 is 2.53 bits per heavy atom. The predicted octanol–water partition coefficient (Wildman–Crippen LogP) is 0.829. The smallest absolute Gasteiger partial charge is 0.173 e. The molecule has 0 aromatic heterocycles. The van der Waals surface area contributed by atoms with Crippen LogP contribution in [0, 0.1) is 5.41 Å². The second kappa shape index (κ2) is 5.08. The van der Waals surface area contributed by atoms with Gasteiger partial charge in [-0.15, -0.1) is 0 Å². The zero-order valence-electron chi connectivity index (χ0n) is 10.1. The Hall–Kier alpha value is -0.390. The molecule has 2 rings (SSSR count). The highest BCUT2D eigenvalue weighted by Gasteiger charge is 2.32.